The van der Waals surface area contributed by atoms with E-state index in [4.69, 9.17) is 21.1 Å². The van der Waals surface area contributed by atoms with Crippen LogP contribution < -0.4 is 14.8 Å². The Kier molecular flexibility index (Phi) is 6.86. The van der Waals surface area contributed by atoms with Crippen molar-refractivity contribution in [2.24, 2.45) is 0 Å². The second-order valence-electron chi connectivity index (χ2n) is 5.37. The normalized spacial score (nSPS) is 11.4. The summed E-state index contributed by atoms with van der Waals surface area (Å²) in [7, 11) is 2.84. The van der Waals surface area contributed by atoms with Crippen LogP contribution in [0.3, 0.4) is 0 Å². The Labute approximate surface area is 157 Å². The average Bonchev–Trinajstić information content (AvgIpc) is 2.67. The fourth-order valence-electron chi connectivity index (χ4n) is 2.24. The Bertz CT molecular complexity index is 793. The highest BCUT2D eigenvalue weighted by atomic mass is 35.5. The summed E-state index contributed by atoms with van der Waals surface area (Å²) in [5, 5.41) is 3.00. The van der Waals surface area contributed by atoms with Gasteiger partial charge in [-0.15, -0.1) is 0 Å². The Morgan fingerprint density at radius 1 is 1.12 bits per heavy atom. The Morgan fingerprint density at radius 3 is 2.50 bits per heavy atom. The Balaban J connectivity index is 2.15. The lowest BCUT2D eigenvalue weighted by Gasteiger charge is -2.18. The smallest absolute Gasteiger partial charge is 0.337 e. The van der Waals surface area contributed by atoms with Gasteiger partial charge in [0.05, 0.1) is 30.5 Å². The van der Waals surface area contributed by atoms with Crippen LogP contribution in [0.1, 0.15) is 23.7 Å². The van der Waals surface area contributed by atoms with E-state index in [0.29, 0.717) is 28.6 Å². The molecule has 0 aliphatic carbocycles. The van der Waals surface area contributed by atoms with Crippen molar-refractivity contribution >= 4 is 29.2 Å². The average molecular weight is 378 g/mol. The third kappa shape index (κ3) is 4.89. The molecule has 0 aliphatic rings. The molecule has 2 aromatic rings. The molecule has 0 aromatic heterocycles. The third-order valence-corrected chi connectivity index (χ3v) is 3.96. The van der Waals surface area contributed by atoms with Crippen LogP contribution in [-0.4, -0.2) is 32.2 Å². The van der Waals surface area contributed by atoms with Gasteiger partial charge >= 0.3 is 5.97 Å². The monoisotopic (exact) mass is 377 g/mol. The summed E-state index contributed by atoms with van der Waals surface area (Å²) in [6.45, 7) is 1.83. The van der Waals surface area contributed by atoms with Gasteiger partial charge in [-0.3, -0.25) is 4.79 Å². The SMILES string of the molecule is CCC(Oc1cccc(OC)c1)C(=O)Nc1cc(C(=O)OC)ccc1Cl. The Morgan fingerprint density at radius 2 is 1.85 bits per heavy atom. The minimum absolute atomic E-state index is 0.286. The van der Waals surface area contributed by atoms with Crippen molar-refractivity contribution in [2.75, 3.05) is 19.5 Å². The van der Waals surface area contributed by atoms with E-state index in [9.17, 15) is 9.59 Å². The number of halogens is 1. The number of benzene rings is 2. The lowest BCUT2D eigenvalue weighted by atomic mass is 10.2. The largest absolute Gasteiger partial charge is 0.497 e. The van der Waals surface area contributed by atoms with E-state index >= 15 is 0 Å². The Hall–Kier alpha value is -2.73. The quantitative estimate of drug-likeness (QED) is 0.740. The van der Waals surface area contributed by atoms with Gasteiger partial charge in [-0.1, -0.05) is 24.6 Å². The molecular formula is C19H20ClNO5. The van der Waals surface area contributed by atoms with Crippen molar-refractivity contribution in [1.82, 2.24) is 0 Å². The zero-order chi connectivity index (χ0) is 19.1. The van der Waals surface area contributed by atoms with Crippen molar-refractivity contribution < 1.29 is 23.8 Å². The predicted molar refractivity (Wildman–Crippen MR) is 99.1 cm³/mol. The minimum atomic E-state index is -0.736. The van der Waals surface area contributed by atoms with E-state index in [1.807, 2.05) is 6.92 Å². The molecule has 6 nitrogen and oxygen atoms in total. The summed E-state index contributed by atoms with van der Waals surface area (Å²) < 4.78 is 15.6. The van der Waals surface area contributed by atoms with E-state index in [-0.39, 0.29) is 11.5 Å². The fourth-order valence-corrected chi connectivity index (χ4v) is 2.40. The maximum absolute atomic E-state index is 12.6. The number of rotatable bonds is 7. The molecule has 1 unspecified atom stereocenters. The molecular weight excluding hydrogens is 358 g/mol. The molecule has 0 saturated carbocycles. The summed E-state index contributed by atoms with van der Waals surface area (Å²) >= 11 is 6.11. The van der Waals surface area contributed by atoms with Crippen molar-refractivity contribution in [1.29, 1.82) is 0 Å². The zero-order valence-electron chi connectivity index (χ0n) is 14.7. The van der Waals surface area contributed by atoms with Gasteiger partial charge in [0.15, 0.2) is 6.10 Å². The molecule has 138 valence electrons. The van der Waals surface area contributed by atoms with E-state index < -0.39 is 12.1 Å². The van der Waals surface area contributed by atoms with Crippen LogP contribution in [0, 0.1) is 0 Å². The van der Waals surface area contributed by atoms with Crippen LogP contribution in [0.25, 0.3) is 0 Å². The van der Waals surface area contributed by atoms with Crippen LogP contribution in [0.4, 0.5) is 5.69 Å². The number of carbonyl (C=O) groups excluding carboxylic acids is 2. The number of anilines is 1. The van der Waals surface area contributed by atoms with Crippen molar-refractivity contribution in [3.63, 3.8) is 0 Å². The predicted octanol–water partition coefficient (Wildman–Crippen LogP) is 3.93. The van der Waals surface area contributed by atoms with E-state index in [1.165, 1.54) is 25.3 Å². The maximum atomic E-state index is 12.6. The molecule has 0 radical (unpaired) electrons. The van der Waals surface area contributed by atoms with Crippen LogP contribution in [0.15, 0.2) is 42.5 Å². The number of carbonyl (C=O) groups is 2. The van der Waals surface area contributed by atoms with Crippen LogP contribution in [-0.2, 0) is 9.53 Å². The molecule has 26 heavy (non-hydrogen) atoms. The molecule has 0 spiro atoms. The topological polar surface area (TPSA) is 73.9 Å². The first-order chi connectivity index (χ1) is 12.5. The summed E-state index contributed by atoms with van der Waals surface area (Å²) in [6, 6.07) is 11.5. The molecule has 0 saturated heterocycles. The lowest BCUT2D eigenvalue weighted by molar-refractivity contribution is -0.122. The minimum Gasteiger partial charge on any atom is -0.497 e. The highest BCUT2D eigenvalue weighted by Crippen LogP contribution is 2.25. The summed E-state index contributed by atoms with van der Waals surface area (Å²) in [4.78, 5) is 24.2. The zero-order valence-corrected chi connectivity index (χ0v) is 15.5. The number of methoxy groups -OCH3 is 2. The van der Waals surface area contributed by atoms with Gasteiger partial charge in [0.1, 0.15) is 11.5 Å². The molecule has 2 rings (SSSR count). The molecule has 0 bridgehead atoms. The number of ether oxygens (including phenoxy) is 3. The molecule has 7 heteroatoms. The van der Waals surface area contributed by atoms with Gasteiger partial charge in [-0.05, 0) is 36.8 Å². The molecule has 0 aliphatic heterocycles. The summed E-state index contributed by atoms with van der Waals surface area (Å²) in [6.07, 6.45) is -0.294. The summed E-state index contributed by atoms with van der Waals surface area (Å²) in [5.74, 6) is 0.253. The summed E-state index contributed by atoms with van der Waals surface area (Å²) in [5.41, 5.74) is 0.598. The second kappa shape index (κ2) is 9.10. The number of esters is 1. The first-order valence-electron chi connectivity index (χ1n) is 7.98. The van der Waals surface area contributed by atoms with Gasteiger partial charge in [-0.2, -0.15) is 0 Å². The van der Waals surface area contributed by atoms with Gasteiger partial charge < -0.3 is 19.5 Å². The molecule has 1 amide bonds. The van der Waals surface area contributed by atoms with Crippen molar-refractivity contribution in [3.05, 3.63) is 53.1 Å². The van der Waals surface area contributed by atoms with E-state index in [1.54, 1.807) is 31.4 Å². The maximum Gasteiger partial charge on any atom is 0.337 e. The van der Waals surface area contributed by atoms with E-state index in [2.05, 4.69) is 10.1 Å². The van der Waals surface area contributed by atoms with Gasteiger partial charge in [0.2, 0.25) is 0 Å². The highest BCUT2D eigenvalue weighted by Gasteiger charge is 2.20. The number of nitrogens with one attached hydrogen (secondary N) is 1. The second-order valence-corrected chi connectivity index (χ2v) is 5.78. The van der Waals surface area contributed by atoms with Gasteiger partial charge in [0.25, 0.3) is 5.91 Å². The van der Waals surface area contributed by atoms with Gasteiger partial charge in [-0.25, -0.2) is 4.79 Å². The van der Waals surface area contributed by atoms with Crippen LogP contribution >= 0.6 is 11.6 Å². The van der Waals surface area contributed by atoms with Gasteiger partial charge in [0, 0.05) is 6.07 Å². The molecule has 0 heterocycles. The molecule has 0 fully saturated rings. The standard InChI is InChI=1S/C19H20ClNO5/c1-4-17(26-14-7-5-6-13(11-14)24-2)18(22)21-16-10-12(19(23)25-3)8-9-15(16)20/h5-11,17H,4H2,1-3H3,(H,21,22). The number of hydrogen-bond donors (Lipinski definition) is 1. The fraction of sp³-hybridized carbons (Fsp3) is 0.263. The molecule has 1 atom stereocenters. The lowest BCUT2D eigenvalue weighted by Crippen LogP contribution is -2.32. The van der Waals surface area contributed by atoms with Crippen molar-refractivity contribution in [2.45, 2.75) is 19.4 Å². The molecule has 2 aromatic carbocycles. The van der Waals surface area contributed by atoms with E-state index in [0.717, 1.165) is 0 Å². The van der Waals surface area contributed by atoms with Crippen molar-refractivity contribution in [3.8, 4) is 11.5 Å². The van der Waals surface area contributed by atoms with Crippen LogP contribution in [0.5, 0.6) is 11.5 Å². The highest BCUT2D eigenvalue weighted by molar-refractivity contribution is 6.33. The van der Waals surface area contributed by atoms with Crippen LogP contribution in [0.2, 0.25) is 5.02 Å². The number of amides is 1. The molecule has 1 N–H and O–H groups in total. The first kappa shape index (κ1) is 19.6. The first-order valence-corrected chi connectivity index (χ1v) is 8.35. The number of hydrogen-bond acceptors (Lipinski definition) is 5. The third-order valence-electron chi connectivity index (χ3n) is 3.63.